The van der Waals surface area contributed by atoms with Crippen molar-refractivity contribution < 1.29 is 9.59 Å². The van der Waals surface area contributed by atoms with E-state index in [4.69, 9.17) is 0 Å². The Morgan fingerprint density at radius 3 is 2.56 bits per heavy atom. The van der Waals surface area contributed by atoms with E-state index in [0.29, 0.717) is 6.42 Å². The van der Waals surface area contributed by atoms with Crippen molar-refractivity contribution in [3.63, 3.8) is 0 Å². The van der Waals surface area contributed by atoms with Crippen LogP contribution in [0.1, 0.15) is 33.1 Å². The molecule has 0 spiro atoms. The van der Waals surface area contributed by atoms with Crippen LogP contribution in [0.4, 0.5) is 0 Å². The van der Waals surface area contributed by atoms with Gasteiger partial charge in [0.2, 0.25) is 5.91 Å². The molecule has 1 aliphatic heterocycles. The fourth-order valence-corrected chi connectivity index (χ4v) is 1.97. The number of nitrogens with zero attached hydrogens (tertiary/aromatic N) is 1. The van der Waals surface area contributed by atoms with Gasteiger partial charge in [0.1, 0.15) is 6.29 Å². The fraction of sp³-hybridized carbons (Fsp3) is 0.833. The minimum atomic E-state index is 0.118. The van der Waals surface area contributed by atoms with E-state index in [2.05, 4.69) is 10.2 Å². The van der Waals surface area contributed by atoms with Crippen LogP contribution in [-0.4, -0.2) is 42.8 Å². The Balaban J connectivity index is 2.14. The monoisotopic (exact) mass is 226 g/mol. The van der Waals surface area contributed by atoms with E-state index in [-0.39, 0.29) is 17.9 Å². The smallest absolute Gasteiger partial charge is 0.221 e. The molecule has 0 radical (unpaired) electrons. The molecule has 92 valence electrons. The molecular weight excluding hydrogens is 204 g/mol. The summed E-state index contributed by atoms with van der Waals surface area (Å²) in [5, 5.41) is 2.88. The molecule has 1 N–H and O–H groups in total. The third kappa shape index (κ3) is 4.75. The van der Waals surface area contributed by atoms with Crippen LogP contribution in [-0.2, 0) is 9.59 Å². The minimum Gasteiger partial charge on any atom is -0.354 e. The van der Waals surface area contributed by atoms with E-state index in [0.717, 1.165) is 38.8 Å². The number of hydrogen-bond donors (Lipinski definition) is 1. The molecule has 0 saturated carbocycles. The summed E-state index contributed by atoms with van der Waals surface area (Å²) >= 11 is 0. The Hall–Kier alpha value is -0.900. The summed E-state index contributed by atoms with van der Waals surface area (Å²) in [7, 11) is 0. The number of piperidine rings is 1. The molecule has 0 unspecified atom stereocenters. The zero-order valence-electron chi connectivity index (χ0n) is 10.2. The van der Waals surface area contributed by atoms with Gasteiger partial charge in [0.05, 0.1) is 0 Å². The standard InChI is InChI=1S/C12H22N2O2/c1-10(2)13-12(16)5-8-14-6-3-11(9-15)4-7-14/h9-11H,3-8H2,1-2H3,(H,13,16). The van der Waals surface area contributed by atoms with Gasteiger partial charge >= 0.3 is 0 Å². The van der Waals surface area contributed by atoms with Crippen molar-refractivity contribution in [3.05, 3.63) is 0 Å². The molecule has 1 aliphatic rings. The Bertz CT molecular complexity index is 233. The molecule has 0 atom stereocenters. The summed E-state index contributed by atoms with van der Waals surface area (Å²) in [4.78, 5) is 24.3. The Morgan fingerprint density at radius 1 is 1.44 bits per heavy atom. The lowest BCUT2D eigenvalue weighted by Crippen LogP contribution is -2.38. The lowest BCUT2D eigenvalue weighted by molar-refractivity contribution is -0.122. The molecule has 4 nitrogen and oxygen atoms in total. The highest BCUT2D eigenvalue weighted by Gasteiger charge is 2.18. The minimum absolute atomic E-state index is 0.118. The van der Waals surface area contributed by atoms with Crippen molar-refractivity contribution in [2.24, 2.45) is 5.92 Å². The van der Waals surface area contributed by atoms with E-state index in [1.54, 1.807) is 0 Å². The molecule has 0 aromatic rings. The molecular formula is C12H22N2O2. The zero-order valence-corrected chi connectivity index (χ0v) is 10.2. The number of carbonyl (C=O) groups excluding carboxylic acids is 2. The van der Waals surface area contributed by atoms with E-state index < -0.39 is 0 Å². The highest BCUT2D eigenvalue weighted by Crippen LogP contribution is 2.14. The van der Waals surface area contributed by atoms with Gasteiger partial charge in [0.25, 0.3) is 0 Å². The summed E-state index contributed by atoms with van der Waals surface area (Å²) in [6.45, 7) is 6.63. The summed E-state index contributed by atoms with van der Waals surface area (Å²) < 4.78 is 0. The number of rotatable bonds is 5. The van der Waals surface area contributed by atoms with Crippen molar-refractivity contribution in [3.8, 4) is 0 Å². The second-order valence-corrected chi connectivity index (χ2v) is 4.79. The van der Waals surface area contributed by atoms with Gasteiger partial charge in [-0.05, 0) is 39.8 Å². The van der Waals surface area contributed by atoms with Gasteiger partial charge in [0.15, 0.2) is 0 Å². The second kappa shape index (κ2) is 6.63. The van der Waals surface area contributed by atoms with Crippen LogP contribution >= 0.6 is 0 Å². The second-order valence-electron chi connectivity index (χ2n) is 4.79. The van der Waals surface area contributed by atoms with E-state index >= 15 is 0 Å². The van der Waals surface area contributed by atoms with Crippen LogP contribution in [0, 0.1) is 5.92 Å². The first-order valence-corrected chi connectivity index (χ1v) is 6.09. The number of nitrogens with one attached hydrogen (secondary N) is 1. The third-order valence-corrected chi connectivity index (χ3v) is 2.93. The maximum atomic E-state index is 11.4. The SMILES string of the molecule is CC(C)NC(=O)CCN1CCC(C=O)CC1. The lowest BCUT2D eigenvalue weighted by atomic mass is 9.98. The molecule has 0 bridgehead atoms. The van der Waals surface area contributed by atoms with Crippen molar-refractivity contribution in [1.29, 1.82) is 0 Å². The van der Waals surface area contributed by atoms with Crippen molar-refractivity contribution >= 4 is 12.2 Å². The molecule has 0 aliphatic carbocycles. The average molecular weight is 226 g/mol. The Morgan fingerprint density at radius 2 is 2.06 bits per heavy atom. The molecule has 0 aromatic carbocycles. The first-order valence-electron chi connectivity index (χ1n) is 6.09. The van der Waals surface area contributed by atoms with Gasteiger partial charge in [-0.2, -0.15) is 0 Å². The van der Waals surface area contributed by atoms with Gasteiger partial charge in [0, 0.05) is 24.9 Å². The van der Waals surface area contributed by atoms with Crippen molar-refractivity contribution in [2.75, 3.05) is 19.6 Å². The van der Waals surface area contributed by atoms with Gasteiger partial charge in [-0.1, -0.05) is 0 Å². The normalized spacial score (nSPS) is 18.7. The van der Waals surface area contributed by atoms with Crippen LogP contribution in [0.5, 0.6) is 0 Å². The van der Waals surface area contributed by atoms with E-state index in [1.807, 2.05) is 13.8 Å². The van der Waals surface area contributed by atoms with Crippen molar-refractivity contribution in [2.45, 2.75) is 39.2 Å². The summed E-state index contributed by atoms with van der Waals surface area (Å²) in [5.74, 6) is 0.355. The first-order chi connectivity index (χ1) is 7.61. The molecule has 1 rings (SSSR count). The Labute approximate surface area is 97.4 Å². The fourth-order valence-electron chi connectivity index (χ4n) is 1.97. The molecule has 1 saturated heterocycles. The average Bonchev–Trinajstić information content (AvgIpc) is 2.26. The van der Waals surface area contributed by atoms with E-state index in [1.165, 1.54) is 0 Å². The third-order valence-electron chi connectivity index (χ3n) is 2.93. The maximum absolute atomic E-state index is 11.4. The predicted octanol–water partition coefficient (Wildman–Crippen LogP) is 0.812. The predicted molar refractivity (Wildman–Crippen MR) is 63.1 cm³/mol. The molecule has 16 heavy (non-hydrogen) atoms. The number of carbonyl (C=O) groups is 2. The van der Waals surface area contributed by atoms with Gasteiger partial charge in [-0.25, -0.2) is 0 Å². The quantitative estimate of drug-likeness (QED) is 0.706. The number of hydrogen-bond acceptors (Lipinski definition) is 3. The van der Waals surface area contributed by atoms with Gasteiger partial charge in [-0.15, -0.1) is 0 Å². The molecule has 0 aromatic heterocycles. The van der Waals surface area contributed by atoms with Crippen LogP contribution in [0.2, 0.25) is 0 Å². The number of aldehydes is 1. The zero-order chi connectivity index (χ0) is 12.0. The van der Waals surface area contributed by atoms with Crippen molar-refractivity contribution in [1.82, 2.24) is 10.2 Å². The first kappa shape index (κ1) is 13.2. The van der Waals surface area contributed by atoms with E-state index in [9.17, 15) is 9.59 Å². The summed E-state index contributed by atoms with van der Waals surface area (Å²) in [6, 6.07) is 0.216. The molecule has 1 fully saturated rings. The van der Waals surface area contributed by atoms with Crippen LogP contribution in [0.3, 0.4) is 0 Å². The van der Waals surface area contributed by atoms with Crippen LogP contribution in [0.15, 0.2) is 0 Å². The lowest BCUT2D eigenvalue weighted by Gasteiger charge is -2.29. The van der Waals surface area contributed by atoms with Crippen LogP contribution < -0.4 is 5.32 Å². The highest BCUT2D eigenvalue weighted by molar-refractivity contribution is 5.76. The number of likely N-dealkylation sites (tertiary alicyclic amines) is 1. The molecule has 4 heteroatoms. The summed E-state index contributed by atoms with van der Waals surface area (Å²) in [6.07, 6.45) is 3.50. The topological polar surface area (TPSA) is 49.4 Å². The maximum Gasteiger partial charge on any atom is 0.221 e. The Kier molecular flexibility index (Phi) is 5.46. The molecule has 1 heterocycles. The number of amides is 1. The van der Waals surface area contributed by atoms with Gasteiger partial charge in [-0.3, -0.25) is 4.79 Å². The largest absolute Gasteiger partial charge is 0.354 e. The molecule has 1 amide bonds. The summed E-state index contributed by atoms with van der Waals surface area (Å²) in [5.41, 5.74) is 0. The highest BCUT2D eigenvalue weighted by atomic mass is 16.1. The van der Waals surface area contributed by atoms with Gasteiger partial charge < -0.3 is 15.0 Å². The van der Waals surface area contributed by atoms with Crippen LogP contribution in [0.25, 0.3) is 0 Å².